The van der Waals surface area contributed by atoms with Gasteiger partial charge in [0.05, 0.1) is 44.2 Å². The third-order valence-electron chi connectivity index (χ3n) is 8.38. The Morgan fingerprint density at radius 3 is 2.49 bits per heavy atom. The fourth-order valence-corrected chi connectivity index (χ4v) is 5.95. The Balaban J connectivity index is 1.01. The molecule has 3 fully saturated rings. The van der Waals surface area contributed by atoms with Gasteiger partial charge in [0.15, 0.2) is 6.29 Å². The summed E-state index contributed by atoms with van der Waals surface area (Å²) in [5, 5.41) is 6.38. The van der Waals surface area contributed by atoms with Crippen molar-refractivity contribution in [3.8, 4) is 11.3 Å². The molecule has 0 bridgehead atoms. The molecule has 0 aliphatic carbocycles. The van der Waals surface area contributed by atoms with Crippen molar-refractivity contribution in [2.45, 2.75) is 58.7 Å². The molecule has 0 spiro atoms. The van der Waals surface area contributed by atoms with Gasteiger partial charge in [-0.3, -0.25) is 0 Å². The smallest absolute Gasteiger partial charge is 0.317 e. The van der Waals surface area contributed by atoms with E-state index in [1.165, 1.54) is 5.69 Å². The van der Waals surface area contributed by atoms with Gasteiger partial charge in [0.25, 0.3) is 0 Å². The number of carbonyl (C=O) groups excluding carboxylic acids is 1. The van der Waals surface area contributed by atoms with Crippen molar-refractivity contribution < 1.29 is 19.0 Å². The molecule has 3 aromatic rings. The number of aryl methyl sites for hydroxylation is 1. The highest BCUT2D eigenvalue weighted by Crippen LogP contribution is 2.30. The van der Waals surface area contributed by atoms with Crippen LogP contribution in [0.1, 0.15) is 37.8 Å². The number of hydrogen-bond donors (Lipinski definition) is 2. The summed E-state index contributed by atoms with van der Waals surface area (Å²) >= 11 is 0. The summed E-state index contributed by atoms with van der Waals surface area (Å²) in [4.78, 5) is 25.9. The number of rotatable bonds is 9. The lowest BCUT2D eigenvalue weighted by Crippen LogP contribution is -2.58. The number of carbonyl (C=O) groups is 1. The maximum absolute atomic E-state index is 12.5. The van der Waals surface area contributed by atoms with Gasteiger partial charge in [-0.05, 0) is 81.1 Å². The molecule has 2 amide bonds. The molecule has 3 aliphatic rings. The standard InChI is InChI=1S/C33H42N6O4/c1-22(2)43-29-20-39(21-29)33(40)35-19-26-5-4-25(18-23(26)3)30-10-13-34-32(37-30)36-27-6-8-28(9-7-27)38-14-11-24(12-15-38)31-41-16-17-42-31/h4-10,13,18,22,24,29,31H,11-12,14-17,19-21H2,1-3H3,(H,35,40)(H,34,36,37). The zero-order valence-electron chi connectivity index (χ0n) is 25.3. The quantitative estimate of drug-likeness (QED) is 0.357. The first-order chi connectivity index (χ1) is 20.9. The van der Waals surface area contributed by atoms with E-state index in [9.17, 15) is 4.79 Å². The minimum Gasteiger partial charge on any atom is -0.372 e. The highest BCUT2D eigenvalue weighted by molar-refractivity contribution is 5.75. The van der Waals surface area contributed by atoms with Gasteiger partial charge in [-0.1, -0.05) is 12.1 Å². The molecule has 1 aromatic heterocycles. The van der Waals surface area contributed by atoms with Crippen LogP contribution in [-0.4, -0.2) is 78.8 Å². The van der Waals surface area contributed by atoms with Crippen molar-refractivity contribution in [3.05, 3.63) is 65.9 Å². The summed E-state index contributed by atoms with van der Waals surface area (Å²) in [6, 6.07) is 16.5. The number of aromatic nitrogens is 2. The molecule has 2 N–H and O–H groups in total. The van der Waals surface area contributed by atoms with Gasteiger partial charge in [0.1, 0.15) is 0 Å². The number of nitrogens with zero attached hydrogens (tertiary/aromatic N) is 4. The number of piperidine rings is 1. The Morgan fingerprint density at radius 2 is 1.79 bits per heavy atom. The van der Waals surface area contributed by atoms with E-state index in [0.29, 0.717) is 44.7 Å². The van der Waals surface area contributed by atoms with Crippen LogP contribution in [0.4, 0.5) is 22.1 Å². The molecule has 3 saturated heterocycles. The molecular formula is C33H42N6O4. The molecule has 6 rings (SSSR count). The third-order valence-corrected chi connectivity index (χ3v) is 8.38. The highest BCUT2D eigenvalue weighted by Gasteiger charge is 2.32. The van der Waals surface area contributed by atoms with E-state index in [1.54, 1.807) is 11.1 Å². The molecule has 0 unspecified atom stereocenters. The molecule has 10 heteroatoms. The number of benzene rings is 2. The molecule has 228 valence electrons. The number of likely N-dealkylation sites (tertiary alicyclic amines) is 1. The van der Waals surface area contributed by atoms with Crippen molar-refractivity contribution >= 4 is 23.4 Å². The third kappa shape index (κ3) is 7.26. The van der Waals surface area contributed by atoms with Crippen molar-refractivity contribution in [2.24, 2.45) is 5.92 Å². The summed E-state index contributed by atoms with van der Waals surface area (Å²) in [5.41, 5.74) is 6.16. The Hall–Kier alpha value is -3.73. The van der Waals surface area contributed by atoms with Crippen LogP contribution in [0.2, 0.25) is 0 Å². The van der Waals surface area contributed by atoms with Gasteiger partial charge in [0.2, 0.25) is 5.95 Å². The molecule has 3 aliphatic heterocycles. The van der Waals surface area contributed by atoms with Gasteiger partial charge >= 0.3 is 6.03 Å². The van der Waals surface area contributed by atoms with Crippen LogP contribution < -0.4 is 15.5 Å². The Morgan fingerprint density at radius 1 is 1.05 bits per heavy atom. The first-order valence-corrected chi connectivity index (χ1v) is 15.4. The number of amides is 2. The van der Waals surface area contributed by atoms with E-state index in [2.05, 4.69) is 63.8 Å². The highest BCUT2D eigenvalue weighted by atomic mass is 16.7. The summed E-state index contributed by atoms with van der Waals surface area (Å²) in [7, 11) is 0. The Bertz CT molecular complexity index is 1380. The molecular weight excluding hydrogens is 544 g/mol. The van der Waals surface area contributed by atoms with Crippen LogP contribution in [-0.2, 0) is 20.8 Å². The van der Waals surface area contributed by atoms with Crippen LogP contribution in [0.3, 0.4) is 0 Å². The van der Waals surface area contributed by atoms with Crippen LogP contribution in [0.15, 0.2) is 54.7 Å². The van der Waals surface area contributed by atoms with E-state index in [0.717, 1.165) is 54.0 Å². The summed E-state index contributed by atoms with van der Waals surface area (Å²) in [6.45, 7) is 11.3. The SMILES string of the molecule is Cc1cc(-c2ccnc(Nc3ccc(N4CCC(C5OCCO5)CC4)cc3)n2)ccc1CNC(=O)N1CC(OC(C)C)C1. The van der Waals surface area contributed by atoms with Crippen molar-refractivity contribution in [1.29, 1.82) is 0 Å². The lowest BCUT2D eigenvalue weighted by atomic mass is 9.96. The maximum Gasteiger partial charge on any atom is 0.317 e. The second kappa shape index (κ2) is 13.3. The Kier molecular flexibility index (Phi) is 9.06. The molecule has 2 aromatic carbocycles. The van der Waals surface area contributed by atoms with Gasteiger partial charge in [-0.2, -0.15) is 0 Å². The van der Waals surface area contributed by atoms with E-state index in [1.807, 2.05) is 26.0 Å². The van der Waals surface area contributed by atoms with E-state index >= 15 is 0 Å². The van der Waals surface area contributed by atoms with Crippen molar-refractivity contribution in [2.75, 3.05) is 49.6 Å². The average Bonchev–Trinajstić information content (AvgIpc) is 3.54. The summed E-state index contributed by atoms with van der Waals surface area (Å²) < 4.78 is 17.2. The van der Waals surface area contributed by atoms with Crippen LogP contribution >= 0.6 is 0 Å². The summed E-state index contributed by atoms with van der Waals surface area (Å²) in [5.74, 6) is 1.03. The lowest BCUT2D eigenvalue weighted by molar-refractivity contribution is -0.0889. The fraction of sp³-hybridized carbons (Fsp3) is 0.485. The molecule has 43 heavy (non-hydrogen) atoms. The average molecular weight is 587 g/mol. The second-order valence-corrected chi connectivity index (χ2v) is 11.9. The van der Waals surface area contributed by atoms with E-state index in [-0.39, 0.29) is 24.5 Å². The molecule has 0 atom stereocenters. The second-order valence-electron chi connectivity index (χ2n) is 11.9. The van der Waals surface area contributed by atoms with Gasteiger partial charge in [-0.25, -0.2) is 14.8 Å². The first-order valence-electron chi connectivity index (χ1n) is 15.4. The van der Waals surface area contributed by atoms with Gasteiger partial charge < -0.3 is 34.6 Å². The zero-order chi connectivity index (χ0) is 29.8. The van der Waals surface area contributed by atoms with Crippen LogP contribution in [0.25, 0.3) is 11.3 Å². The van der Waals surface area contributed by atoms with Crippen LogP contribution in [0, 0.1) is 12.8 Å². The van der Waals surface area contributed by atoms with Crippen molar-refractivity contribution in [1.82, 2.24) is 20.2 Å². The lowest BCUT2D eigenvalue weighted by Gasteiger charge is -2.39. The minimum absolute atomic E-state index is 0.0202. The first kappa shape index (κ1) is 29.3. The normalized spacial score (nSPS) is 18.2. The molecule has 0 radical (unpaired) electrons. The predicted octanol–water partition coefficient (Wildman–Crippen LogP) is 5.10. The predicted molar refractivity (Wildman–Crippen MR) is 166 cm³/mol. The van der Waals surface area contributed by atoms with Crippen molar-refractivity contribution in [3.63, 3.8) is 0 Å². The fourth-order valence-electron chi connectivity index (χ4n) is 5.95. The topological polar surface area (TPSA) is 101 Å². The molecule has 4 heterocycles. The number of urea groups is 1. The molecule has 10 nitrogen and oxygen atoms in total. The molecule has 0 saturated carbocycles. The maximum atomic E-state index is 12.5. The van der Waals surface area contributed by atoms with E-state index in [4.69, 9.17) is 19.2 Å². The number of nitrogens with one attached hydrogen (secondary N) is 2. The Labute approximate surface area is 253 Å². The van der Waals surface area contributed by atoms with Crippen LogP contribution in [0.5, 0.6) is 0 Å². The largest absolute Gasteiger partial charge is 0.372 e. The zero-order valence-corrected chi connectivity index (χ0v) is 25.3. The minimum atomic E-state index is -0.0549. The number of anilines is 3. The van der Waals surface area contributed by atoms with Gasteiger partial charge in [-0.15, -0.1) is 0 Å². The number of hydrogen-bond acceptors (Lipinski definition) is 8. The van der Waals surface area contributed by atoms with E-state index < -0.39 is 0 Å². The number of ether oxygens (including phenoxy) is 3. The monoisotopic (exact) mass is 586 g/mol. The van der Waals surface area contributed by atoms with Gasteiger partial charge in [0, 0.05) is 48.7 Å². The summed E-state index contributed by atoms with van der Waals surface area (Å²) in [6.07, 6.45) is 4.22.